The van der Waals surface area contributed by atoms with Crippen LogP contribution in [0.5, 0.6) is 0 Å². The Labute approximate surface area is 109 Å². The van der Waals surface area contributed by atoms with Gasteiger partial charge in [-0.15, -0.1) is 0 Å². The summed E-state index contributed by atoms with van der Waals surface area (Å²) in [6.07, 6.45) is 6.22. The summed E-state index contributed by atoms with van der Waals surface area (Å²) in [4.78, 5) is 0. The molecule has 0 radical (unpaired) electrons. The summed E-state index contributed by atoms with van der Waals surface area (Å²) in [5.74, 6) is 0.851. The lowest BCUT2D eigenvalue weighted by atomic mass is 10.1. The maximum Gasteiger partial charge on any atom is 0.0233 e. The molecule has 2 aliphatic rings. The van der Waals surface area contributed by atoms with Gasteiger partial charge >= 0.3 is 0 Å². The fraction of sp³-hybridized carbons (Fsp3) is 0.176. The molecule has 18 heavy (non-hydrogen) atoms. The molecule has 0 spiro atoms. The van der Waals surface area contributed by atoms with Gasteiger partial charge < -0.3 is 0 Å². The third-order valence-corrected chi connectivity index (χ3v) is 7.22. The van der Waals surface area contributed by atoms with Gasteiger partial charge in [-0.3, -0.25) is 0 Å². The van der Waals surface area contributed by atoms with Crippen molar-refractivity contribution in [2.24, 2.45) is 5.92 Å². The van der Waals surface area contributed by atoms with Gasteiger partial charge in [-0.2, -0.15) is 0 Å². The van der Waals surface area contributed by atoms with Crippen molar-refractivity contribution in [3.05, 3.63) is 72.8 Å². The molecule has 2 aromatic rings. The molecule has 2 aromatic carbocycles. The zero-order chi connectivity index (χ0) is 12.0. The second-order valence-electron chi connectivity index (χ2n) is 5.17. The lowest BCUT2D eigenvalue weighted by Gasteiger charge is -2.30. The second-order valence-corrected chi connectivity index (χ2v) is 7.70. The van der Waals surface area contributed by atoms with Crippen LogP contribution < -0.4 is 10.6 Å². The van der Waals surface area contributed by atoms with E-state index in [-0.39, 0.29) is 7.92 Å². The van der Waals surface area contributed by atoms with Gasteiger partial charge in [0.05, 0.1) is 0 Å². The molecule has 1 heteroatoms. The topological polar surface area (TPSA) is 0 Å². The summed E-state index contributed by atoms with van der Waals surface area (Å²) in [5.41, 5.74) is 0. The van der Waals surface area contributed by atoms with Crippen LogP contribution in [0.4, 0.5) is 0 Å². The van der Waals surface area contributed by atoms with Crippen LogP contribution in [0.1, 0.15) is 6.42 Å². The van der Waals surface area contributed by atoms with Crippen molar-refractivity contribution in [2.75, 3.05) is 0 Å². The maximum absolute atomic E-state index is 2.46. The Morgan fingerprint density at radius 1 is 0.833 bits per heavy atom. The molecule has 0 N–H and O–H groups in total. The second kappa shape index (κ2) is 3.80. The van der Waals surface area contributed by atoms with E-state index < -0.39 is 0 Å². The van der Waals surface area contributed by atoms with Crippen molar-refractivity contribution in [1.82, 2.24) is 0 Å². The molecule has 0 nitrogen and oxygen atoms in total. The van der Waals surface area contributed by atoms with E-state index in [9.17, 15) is 0 Å². The van der Waals surface area contributed by atoms with Crippen molar-refractivity contribution in [2.45, 2.75) is 11.6 Å². The molecular weight excluding hydrogens is 235 g/mol. The van der Waals surface area contributed by atoms with Crippen LogP contribution in [0.25, 0.3) is 0 Å². The highest BCUT2D eigenvalue weighted by Gasteiger charge is 2.61. The Bertz CT molecular complexity index is 548. The van der Waals surface area contributed by atoms with Gasteiger partial charge in [0.2, 0.25) is 0 Å². The van der Waals surface area contributed by atoms with Crippen LogP contribution >= 0.6 is 7.92 Å². The molecule has 4 rings (SSSR count). The zero-order valence-corrected chi connectivity index (χ0v) is 11.1. The molecule has 88 valence electrons. The van der Waals surface area contributed by atoms with E-state index in [2.05, 4.69) is 72.8 Å². The van der Waals surface area contributed by atoms with Gasteiger partial charge in [0.25, 0.3) is 0 Å². The minimum atomic E-state index is -0.220. The quantitative estimate of drug-likeness (QED) is 0.578. The minimum absolute atomic E-state index is 0.220. The Balaban J connectivity index is 1.83. The van der Waals surface area contributed by atoms with E-state index in [1.54, 1.807) is 0 Å². The van der Waals surface area contributed by atoms with E-state index in [1.807, 2.05) is 0 Å². The van der Waals surface area contributed by atoms with Gasteiger partial charge in [-0.05, 0) is 30.9 Å². The van der Waals surface area contributed by atoms with E-state index in [4.69, 9.17) is 0 Å². The van der Waals surface area contributed by atoms with Crippen molar-refractivity contribution in [3.8, 4) is 0 Å². The van der Waals surface area contributed by atoms with Crippen molar-refractivity contribution >= 4 is 18.5 Å². The van der Waals surface area contributed by atoms with E-state index in [0.29, 0.717) is 5.16 Å². The van der Waals surface area contributed by atoms with Crippen molar-refractivity contribution in [3.63, 3.8) is 0 Å². The van der Waals surface area contributed by atoms with E-state index in [0.717, 1.165) is 5.92 Å². The lowest BCUT2D eigenvalue weighted by molar-refractivity contribution is 0.946. The number of allylic oxidation sites excluding steroid dienone is 2. The lowest BCUT2D eigenvalue weighted by Crippen LogP contribution is -2.25. The molecule has 0 bridgehead atoms. The average molecular weight is 250 g/mol. The average Bonchev–Trinajstić information content (AvgIpc) is 2.95. The Hall–Kier alpha value is -1.39. The molecule has 1 saturated carbocycles. The molecule has 2 atom stereocenters. The van der Waals surface area contributed by atoms with E-state index in [1.165, 1.54) is 17.0 Å². The monoisotopic (exact) mass is 250 g/mol. The number of fused-ring (bicyclic) bond motifs is 1. The smallest absolute Gasteiger partial charge is 0.0233 e. The normalized spacial score (nSPS) is 27.7. The largest absolute Gasteiger partial charge is 0.0832 e. The van der Waals surface area contributed by atoms with Crippen LogP contribution in [-0.4, -0.2) is 5.16 Å². The van der Waals surface area contributed by atoms with Gasteiger partial charge in [0.15, 0.2) is 0 Å². The van der Waals surface area contributed by atoms with Crippen LogP contribution in [0.3, 0.4) is 0 Å². The Kier molecular flexibility index (Phi) is 2.22. The molecule has 1 unspecified atom stereocenters. The SMILES string of the molecule is C1=CC2(P(c3ccccc3)c3ccccc3)C[C@H]12. The molecule has 1 fully saturated rings. The molecular formula is C17H15P. The first-order chi connectivity index (χ1) is 8.90. The summed E-state index contributed by atoms with van der Waals surface area (Å²) in [7, 11) is -0.220. The highest BCUT2D eigenvalue weighted by molar-refractivity contribution is 7.75. The molecule has 0 saturated heterocycles. The number of rotatable bonds is 3. The van der Waals surface area contributed by atoms with Gasteiger partial charge in [-0.1, -0.05) is 72.8 Å². The summed E-state index contributed by atoms with van der Waals surface area (Å²) in [5, 5.41) is 3.54. The number of benzene rings is 2. The first-order valence-corrected chi connectivity index (χ1v) is 7.84. The zero-order valence-electron chi connectivity index (χ0n) is 10.2. The van der Waals surface area contributed by atoms with Crippen molar-refractivity contribution < 1.29 is 0 Å². The predicted molar refractivity (Wildman–Crippen MR) is 79.1 cm³/mol. The molecule has 0 amide bonds. The fourth-order valence-electron chi connectivity index (χ4n) is 3.00. The molecule has 0 aliphatic heterocycles. The van der Waals surface area contributed by atoms with Gasteiger partial charge in [0, 0.05) is 5.16 Å². The Morgan fingerprint density at radius 2 is 1.39 bits per heavy atom. The Morgan fingerprint density at radius 3 is 1.72 bits per heavy atom. The molecule has 2 aliphatic carbocycles. The van der Waals surface area contributed by atoms with E-state index >= 15 is 0 Å². The predicted octanol–water partition coefficient (Wildman–Crippen LogP) is 3.45. The van der Waals surface area contributed by atoms with Gasteiger partial charge in [0.1, 0.15) is 0 Å². The number of hydrogen-bond acceptors (Lipinski definition) is 0. The van der Waals surface area contributed by atoms with Gasteiger partial charge in [-0.25, -0.2) is 0 Å². The molecule has 0 heterocycles. The minimum Gasteiger partial charge on any atom is -0.0832 e. The highest BCUT2D eigenvalue weighted by atomic mass is 31.1. The number of hydrogen-bond donors (Lipinski definition) is 0. The molecule has 0 aromatic heterocycles. The van der Waals surface area contributed by atoms with Crippen LogP contribution in [-0.2, 0) is 0 Å². The summed E-state index contributed by atoms with van der Waals surface area (Å²) in [6, 6.07) is 22.1. The summed E-state index contributed by atoms with van der Waals surface area (Å²) in [6.45, 7) is 0. The van der Waals surface area contributed by atoms with Crippen LogP contribution in [0.2, 0.25) is 0 Å². The standard InChI is InChI=1S/C17H15P/c1-3-7-15(8-4-1)18(16-9-5-2-6-10-16)17-12-11-14(17)13-17/h1-12,14H,13H2/t14-,17?/m0/s1. The summed E-state index contributed by atoms with van der Waals surface area (Å²) >= 11 is 0. The third kappa shape index (κ3) is 1.42. The fourth-order valence-corrected chi connectivity index (χ4v) is 6.23. The van der Waals surface area contributed by atoms with Crippen molar-refractivity contribution in [1.29, 1.82) is 0 Å². The third-order valence-electron chi connectivity index (χ3n) is 4.09. The van der Waals surface area contributed by atoms with Crippen LogP contribution in [0.15, 0.2) is 72.8 Å². The first-order valence-electron chi connectivity index (χ1n) is 6.50. The summed E-state index contributed by atoms with van der Waals surface area (Å²) < 4.78 is 0. The highest BCUT2D eigenvalue weighted by Crippen LogP contribution is 2.72. The maximum atomic E-state index is 2.46. The van der Waals surface area contributed by atoms with Crippen LogP contribution in [0, 0.1) is 5.92 Å². The first kappa shape index (κ1) is 10.5.